The van der Waals surface area contributed by atoms with E-state index in [1.54, 1.807) is 0 Å². The van der Waals surface area contributed by atoms with Crippen LogP contribution in [-0.4, -0.2) is 70.0 Å². The van der Waals surface area contributed by atoms with Gasteiger partial charge in [-0.15, -0.1) is 0 Å². The van der Waals surface area contributed by atoms with Crippen LogP contribution in [0, 0.1) is 0 Å². The number of hydrogen-bond donors (Lipinski definition) is 0. The first-order valence-electron chi connectivity index (χ1n) is 8.76. The second-order valence-electron chi connectivity index (χ2n) is 5.47. The summed E-state index contributed by atoms with van der Waals surface area (Å²) in [5, 5.41) is 0. The van der Waals surface area contributed by atoms with E-state index in [-0.39, 0.29) is 6.10 Å². The minimum Gasteiger partial charge on any atom is -0.379 e. The van der Waals surface area contributed by atoms with Crippen molar-refractivity contribution < 1.29 is 23.7 Å². The van der Waals surface area contributed by atoms with Gasteiger partial charge in [0.05, 0.1) is 59.0 Å². The zero-order chi connectivity index (χ0) is 17.0. The number of hydrogen-bond acceptors (Lipinski definition) is 5. The Bertz CT molecular complexity index is 217. The molecule has 0 bridgehead atoms. The molecule has 0 aliphatic rings. The number of rotatable bonds is 19. The summed E-state index contributed by atoms with van der Waals surface area (Å²) in [6.07, 6.45) is 5.32. The summed E-state index contributed by atoms with van der Waals surface area (Å²) >= 11 is 2.42. The average molecular weight is 446 g/mol. The maximum Gasteiger partial charge on any atom is 0.0703 e. The number of ether oxygens (including phenoxy) is 5. The van der Waals surface area contributed by atoms with Crippen molar-refractivity contribution in [3.05, 3.63) is 0 Å². The molecule has 0 fully saturated rings. The quantitative estimate of drug-likeness (QED) is 0.173. The van der Waals surface area contributed by atoms with Crippen LogP contribution in [0.1, 0.15) is 39.5 Å². The Morgan fingerprint density at radius 3 is 1.48 bits per heavy atom. The van der Waals surface area contributed by atoms with Gasteiger partial charge in [-0.2, -0.15) is 0 Å². The second kappa shape index (κ2) is 20.6. The predicted octanol–water partition coefficient (Wildman–Crippen LogP) is 3.47. The Hall–Kier alpha value is 0.530. The zero-order valence-corrected chi connectivity index (χ0v) is 17.1. The van der Waals surface area contributed by atoms with E-state index in [0.717, 1.165) is 13.0 Å². The molecule has 0 aromatic rings. The maximum absolute atomic E-state index is 5.51. The highest BCUT2D eigenvalue weighted by atomic mass is 127. The molecule has 0 aliphatic carbocycles. The molecular formula is C17H35IO5. The van der Waals surface area contributed by atoms with Crippen molar-refractivity contribution in [2.24, 2.45) is 0 Å². The van der Waals surface area contributed by atoms with Crippen LogP contribution in [0.2, 0.25) is 0 Å². The smallest absolute Gasteiger partial charge is 0.0703 e. The van der Waals surface area contributed by atoms with Crippen LogP contribution in [0.15, 0.2) is 0 Å². The van der Waals surface area contributed by atoms with Gasteiger partial charge in [0, 0.05) is 6.61 Å². The molecule has 0 unspecified atom stereocenters. The van der Waals surface area contributed by atoms with Crippen molar-refractivity contribution in [2.75, 3.05) is 63.9 Å². The Morgan fingerprint density at radius 1 is 0.565 bits per heavy atom. The third kappa shape index (κ3) is 22.5. The number of unbranched alkanes of at least 4 members (excludes halogenated alkanes) is 3. The van der Waals surface area contributed by atoms with Crippen LogP contribution < -0.4 is 0 Å². The van der Waals surface area contributed by atoms with E-state index in [2.05, 4.69) is 22.6 Å². The summed E-state index contributed by atoms with van der Waals surface area (Å²) in [4.78, 5) is 0. The molecule has 0 aromatic heterocycles. The van der Waals surface area contributed by atoms with E-state index in [4.69, 9.17) is 23.7 Å². The lowest BCUT2D eigenvalue weighted by molar-refractivity contribution is -0.0176. The molecule has 0 radical (unpaired) electrons. The van der Waals surface area contributed by atoms with Gasteiger partial charge in [-0.25, -0.2) is 0 Å². The molecule has 0 saturated carbocycles. The third-order valence-corrected chi connectivity index (χ3v) is 3.73. The van der Waals surface area contributed by atoms with E-state index in [0.29, 0.717) is 52.9 Å². The summed E-state index contributed by atoms with van der Waals surface area (Å²) in [5.74, 6) is 0. The van der Waals surface area contributed by atoms with Gasteiger partial charge in [0.2, 0.25) is 0 Å². The van der Waals surface area contributed by atoms with Crippen LogP contribution in [0.3, 0.4) is 0 Å². The first-order chi connectivity index (χ1) is 11.3. The molecule has 0 N–H and O–H groups in total. The van der Waals surface area contributed by atoms with Gasteiger partial charge >= 0.3 is 0 Å². The summed E-state index contributed by atoms with van der Waals surface area (Å²) in [7, 11) is 0. The molecule has 0 saturated heterocycles. The van der Waals surface area contributed by atoms with E-state index in [1.807, 2.05) is 13.8 Å². The summed E-state index contributed by atoms with van der Waals surface area (Å²) in [6.45, 7) is 9.85. The lowest BCUT2D eigenvalue weighted by Gasteiger charge is -2.09. The van der Waals surface area contributed by atoms with Crippen LogP contribution in [0.5, 0.6) is 0 Å². The molecule has 5 nitrogen and oxygen atoms in total. The van der Waals surface area contributed by atoms with Crippen molar-refractivity contribution in [1.29, 1.82) is 0 Å². The highest BCUT2D eigenvalue weighted by molar-refractivity contribution is 14.1. The van der Waals surface area contributed by atoms with Gasteiger partial charge in [-0.05, 0) is 31.1 Å². The van der Waals surface area contributed by atoms with Gasteiger partial charge in [0.25, 0.3) is 0 Å². The third-order valence-electron chi connectivity index (χ3n) is 2.97. The summed E-state index contributed by atoms with van der Waals surface area (Å²) in [6, 6.07) is 0. The van der Waals surface area contributed by atoms with Crippen molar-refractivity contribution in [1.82, 2.24) is 0 Å². The largest absolute Gasteiger partial charge is 0.379 e. The standard InChI is InChI=1S/C17H35IO5/c1-17(2)23-16-15-22-14-13-21-12-11-20-10-9-19-8-6-4-3-5-7-18/h17H,3-16H2,1-2H3. The summed E-state index contributed by atoms with van der Waals surface area (Å²) in [5.41, 5.74) is 0. The van der Waals surface area contributed by atoms with Gasteiger partial charge in [-0.1, -0.05) is 35.4 Å². The monoisotopic (exact) mass is 446 g/mol. The van der Waals surface area contributed by atoms with E-state index < -0.39 is 0 Å². The van der Waals surface area contributed by atoms with Crippen LogP contribution in [0.4, 0.5) is 0 Å². The molecule has 0 spiro atoms. The maximum atomic E-state index is 5.51. The molecule has 0 aromatic carbocycles. The first kappa shape index (κ1) is 23.5. The molecular weight excluding hydrogens is 411 g/mol. The van der Waals surface area contributed by atoms with Gasteiger partial charge < -0.3 is 23.7 Å². The minimum atomic E-state index is 0.261. The van der Waals surface area contributed by atoms with Crippen molar-refractivity contribution >= 4 is 22.6 Å². The number of alkyl halides is 1. The Kier molecular flexibility index (Phi) is 21.0. The molecule has 0 aliphatic heterocycles. The van der Waals surface area contributed by atoms with Crippen molar-refractivity contribution in [3.8, 4) is 0 Å². The van der Waals surface area contributed by atoms with E-state index in [9.17, 15) is 0 Å². The van der Waals surface area contributed by atoms with Crippen LogP contribution in [-0.2, 0) is 23.7 Å². The van der Waals surface area contributed by atoms with Crippen LogP contribution in [0.25, 0.3) is 0 Å². The second-order valence-corrected chi connectivity index (χ2v) is 6.55. The molecule has 0 rings (SSSR count). The SMILES string of the molecule is CC(C)OCCOCCOCCOCCOCCCCCCI. The van der Waals surface area contributed by atoms with Crippen molar-refractivity contribution in [2.45, 2.75) is 45.6 Å². The molecule has 140 valence electrons. The van der Waals surface area contributed by atoms with E-state index in [1.165, 1.54) is 23.7 Å². The fourth-order valence-electron chi connectivity index (χ4n) is 1.76. The Balaban J connectivity index is 2.95. The van der Waals surface area contributed by atoms with Gasteiger partial charge in [0.15, 0.2) is 0 Å². The summed E-state index contributed by atoms with van der Waals surface area (Å²) < 4.78 is 28.4. The lowest BCUT2D eigenvalue weighted by atomic mass is 10.2. The zero-order valence-electron chi connectivity index (χ0n) is 14.9. The Labute approximate surface area is 155 Å². The molecule has 0 amide bonds. The molecule has 23 heavy (non-hydrogen) atoms. The van der Waals surface area contributed by atoms with Gasteiger partial charge in [-0.3, -0.25) is 0 Å². The average Bonchev–Trinajstić information content (AvgIpc) is 2.53. The molecule has 0 atom stereocenters. The molecule has 0 heterocycles. The van der Waals surface area contributed by atoms with Crippen molar-refractivity contribution in [3.63, 3.8) is 0 Å². The van der Waals surface area contributed by atoms with Crippen LogP contribution >= 0.6 is 22.6 Å². The van der Waals surface area contributed by atoms with E-state index >= 15 is 0 Å². The lowest BCUT2D eigenvalue weighted by Crippen LogP contribution is -2.14. The highest BCUT2D eigenvalue weighted by Gasteiger charge is 1.95. The topological polar surface area (TPSA) is 46.2 Å². The first-order valence-corrected chi connectivity index (χ1v) is 10.3. The predicted molar refractivity (Wildman–Crippen MR) is 102 cm³/mol. The fraction of sp³-hybridized carbons (Fsp3) is 1.00. The fourth-order valence-corrected chi connectivity index (χ4v) is 2.30. The van der Waals surface area contributed by atoms with Gasteiger partial charge in [0.1, 0.15) is 0 Å². The highest BCUT2D eigenvalue weighted by Crippen LogP contribution is 2.02. The minimum absolute atomic E-state index is 0.261. The number of halogens is 1. The Morgan fingerprint density at radius 2 is 1.00 bits per heavy atom. The normalized spacial score (nSPS) is 11.5. The molecule has 6 heteroatoms.